The van der Waals surface area contributed by atoms with Crippen LogP contribution in [0, 0.1) is 0 Å². The minimum absolute atomic E-state index is 0.166. The Morgan fingerprint density at radius 1 is 1.14 bits per heavy atom. The molecule has 2 heterocycles. The molecule has 4 rings (SSSR count). The predicted molar refractivity (Wildman–Crippen MR) is 108 cm³/mol. The van der Waals surface area contributed by atoms with E-state index in [0.717, 1.165) is 5.56 Å². The first-order valence-electron chi connectivity index (χ1n) is 8.14. The van der Waals surface area contributed by atoms with Crippen LogP contribution in [0.1, 0.15) is 16.1 Å². The van der Waals surface area contributed by atoms with Gasteiger partial charge in [-0.25, -0.2) is 0 Å². The van der Waals surface area contributed by atoms with Crippen molar-refractivity contribution >= 4 is 48.9 Å². The quantitative estimate of drug-likeness (QED) is 0.385. The number of methoxy groups -OCH3 is 1. The zero-order valence-electron chi connectivity index (χ0n) is 14.6. The van der Waals surface area contributed by atoms with E-state index in [-0.39, 0.29) is 17.1 Å². The molecule has 1 atom stereocenters. The summed E-state index contributed by atoms with van der Waals surface area (Å²) in [4.78, 5) is 12.7. The third kappa shape index (κ3) is 3.30. The van der Waals surface area contributed by atoms with Crippen LogP contribution in [-0.2, 0) is 19.4 Å². The molecule has 3 aromatic rings. The minimum atomic E-state index is -3.59. The van der Waals surface area contributed by atoms with Crippen molar-refractivity contribution in [3.05, 3.63) is 64.5 Å². The van der Waals surface area contributed by atoms with E-state index in [1.165, 1.54) is 7.11 Å². The molecule has 6 nitrogen and oxygen atoms in total. The van der Waals surface area contributed by atoms with Crippen molar-refractivity contribution in [1.82, 2.24) is 0 Å². The monoisotopic (exact) mass is 524 g/mol. The second-order valence-electron chi connectivity index (χ2n) is 5.94. The summed E-state index contributed by atoms with van der Waals surface area (Å²) in [6, 6.07) is 11.9. The summed E-state index contributed by atoms with van der Waals surface area (Å²) in [6.45, 7) is 0.166. The van der Waals surface area contributed by atoms with Crippen molar-refractivity contribution in [1.29, 1.82) is 0 Å². The van der Waals surface area contributed by atoms with Gasteiger partial charge in [0.15, 0.2) is 0 Å². The molecule has 0 saturated carbocycles. The Labute approximate surface area is 175 Å². The average Bonchev–Trinajstić information content (AvgIpc) is 3.16. The molecule has 1 aliphatic heterocycles. The Balaban J connectivity index is 1.85. The summed E-state index contributed by atoms with van der Waals surface area (Å²) in [6.07, 6.45) is 1.56. The first kappa shape index (κ1) is 19.3. The van der Waals surface area contributed by atoms with Crippen LogP contribution < -0.4 is 9.09 Å². The average molecular weight is 525 g/mol. The topological polar surface area (TPSA) is 82.8 Å². The molecule has 0 fully saturated rings. The third-order valence-corrected chi connectivity index (χ3v) is 12.0. The molecule has 1 unspecified atom stereocenters. The first-order valence-corrected chi connectivity index (χ1v) is 14.0. The predicted octanol–water partition coefficient (Wildman–Crippen LogP) is 2.84. The molecule has 0 N–H and O–H groups in total. The third-order valence-electron chi connectivity index (χ3n) is 4.30. The molecule has 0 radical (unpaired) electrons. The fourth-order valence-corrected chi connectivity index (χ4v) is 11.4. The maximum atomic E-state index is 13.0. The van der Waals surface area contributed by atoms with Crippen molar-refractivity contribution in [2.45, 2.75) is 11.5 Å². The van der Waals surface area contributed by atoms with Crippen LogP contribution in [0.3, 0.4) is 0 Å². The van der Waals surface area contributed by atoms with Gasteiger partial charge in [0.1, 0.15) is 0 Å². The van der Waals surface area contributed by atoms with E-state index in [9.17, 15) is 13.2 Å². The van der Waals surface area contributed by atoms with Crippen LogP contribution in [0.25, 0.3) is 11.1 Å². The van der Waals surface area contributed by atoms with Gasteiger partial charge < -0.3 is 0 Å². The SMILES string of the molecule is COC(=O)c1c([AsH]S(=O)(=O)c2ccccc2Br)ccc2c1OCc1occc1-2. The Kier molecular flexibility index (Phi) is 5.12. The number of carbonyl (C=O) groups excluding carboxylic acids is 1. The number of hydrogen-bond donors (Lipinski definition) is 0. The zero-order chi connectivity index (χ0) is 19.9. The van der Waals surface area contributed by atoms with E-state index in [1.807, 2.05) is 0 Å². The van der Waals surface area contributed by atoms with E-state index in [0.29, 0.717) is 25.9 Å². The molecule has 1 aromatic heterocycles. The van der Waals surface area contributed by atoms with E-state index < -0.39 is 28.7 Å². The zero-order valence-corrected chi connectivity index (χ0v) is 19.1. The maximum absolute atomic E-state index is 13.0. The molecule has 1 aliphatic rings. The van der Waals surface area contributed by atoms with Gasteiger partial charge in [-0.2, -0.15) is 0 Å². The van der Waals surface area contributed by atoms with Gasteiger partial charge >= 0.3 is 176 Å². The van der Waals surface area contributed by atoms with Crippen LogP contribution in [0.2, 0.25) is 0 Å². The number of rotatable bonds is 4. The summed E-state index contributed by atoms with van der Waals surface area (Å²) < 4.78 is 43.1. The molecular weight excluding hydrogens is 511 g/mol. The van der Waals surface area contributed by atoms with Crippen LogP contribution >= 0.6 is 15.9 Å². The number of halogens is 1. The fourth-order valence-electron chi connectivity index (χ4n) is 3.03. The van der Waals surface area contributed by atoms with Gasteiger partial charge in [0, 0.05) is 0 Å². The van der Waals surface area contributed by atoms with Crippen molar-refractivity contribution in [2.75, 3.05) is 7.11 Å². The number of hydrogen-bond acceptors (Lipinski definition) is 6. The Hall–Kier alpha value is -2.02. The first-order chi connectivity index (χ1) is 13.4. The van der Waals surface area contributed by atoms with Crippen LogP contribution in [0.15, 0.2) is 62.5 Å². The Morgan fingerprint density at radius 2 is 1.93 bits per heavy atom. The van der Waals surface area contributed by atoms with E-state index >= 15 is 0 Å². The van der Waals surface area contributed by atoms with Crippen LogP contribution in [0.5, 0.6) is 5.75 Å². The summed E-state index contributed by atoms with van der Waals surface area (Å²) >= 11 is 1.51. The number of fused-ring (bicyclic) bond motifs is 3. The van der Waals surface area contributed by atoms with Crippen LogP contribution in [-0.4, -0.2) is 36.1 Å². The molecule has 2 aromatic carbocycles. The number of esters is 1. The fraction of sp³-hybridized carbons (Fsp3) is 0.105. The van der Waals surface area contributed by atoms with Crippen molar-refractivity contribution in [2.24, 2.45) is 0 Å². The number of ether oxygens (including phenoxy) is 2. The molecule has 144 valence electrons. The standard InChI is InChI=1S/C19H14AsBrO6S/c1-25-19(22)17-13(20-28(23,24)16-5-3-2-4-14(16)21)7-6-12-11-8-9-26-15(11)10-27-18(12)17/h2-9,20H,10H2,1H3. The second kappa shape index (κ2) is 7.43. The van der Waals surface area contributed by atoms with Gasteiger partial charge in [-0.15, -0.1) is 0 Å². The number of furan rings is 1. The molecule has 0 aliphatic carbocycles. The van der Waals surface area contributed by atoms with Gasteiger partial charge in [-0.3, -0.25) is 0 Å². The van der Waals surface area contributed by atoms with Gasteiger partial charge in [0.05, 0.1) is 0 Å². The molecule has 0 bridgehead atoms. The molecular formula is C19H14AsBrO6S. The van der Waals surface area contributed by atoms with Gasteiger partial charge in [-0.1, -0.05) is 0 Å². The van der Waals surface area contributed by atoms with Crippen molar-refractivity contribution in [3.63, 3.8) is 0 Å². The van der Waals surface area contributed by atoms with Gasteiger partial charge in [-0.05, 0) is 0 Å². The van der Waals surface area contributed by atoms with E-state index in [1.54, 1.807) is 48.7 Å². The Morgan fingerprint density at radius 3 is 2.68 bits per heavy atom. The summed E-state index contributed by atoms with van der Waals surface area (Å²) in [7, 11) is -2.32. The summed E-state index contributed by atoms with van der Waals surface area (Å²) in [5.74, 6) is 0.377. The van der Waals surface area contributed by atoms with E-state index in [4.69, 9.17) is 13.9 Å². The molecule has 0 saturated heterocycles. The number of carbonyl (C=O) groups is 1. The van der Waals surface area contributed by atoms with Gasteiger partial charge in [0.25, 0.3) is 0 Å². The Bertz CT molecular complexity index is 1180. The molecule has 9 heteroatoms. The normalized spacial score (nSPS) is 13.1. The molecule has 0 amide bonds. The van der Waals surface area contributed by atoms with E-state index in [2.05, 4.69) is 15.9 Å². The molecule has 28 heavy (non-hydrogen) atoms. The summed E-state index contributed by atoms with van der Waals surface area (Å²) in [5.41, 5.74) is 1.68. The van der Waals surface area contributed by atoms with Gasteiger partial charge in [0.2, 0.25) is 0 Å². The van der Waals surface area contributed by atoms with Crippen LogP contribution in [0.4, 0.5) is 0 Å². The van der Waals surface area contributed by atoms with Crippen molar-refractivity contribution in [3.8, 4) is 16.9 Å². The summed E-state index contributed by atoms with van der Waals surface area (Å²) in [5, 5.41) is 0. The number of benzene rings is 2. The van der Waals surface area contributed by atoms with Crippen molar-refractivity contribution < 1.29 is 27.1 Å². The second-order valence-corrected chi connectivity index (χ2v) is 14.2. The molecule has 0 spiro atoms.